The lowest BCUT2D eigenvalue weighted by molar-refractivity contribution is -0.289. The Morgan fingerprint density at radius 2 is 1.63 bits per heavy atom. The molecular weight excluding hydrogens is 383 g/mol. The molecule has 0 radical (unpaired) electrons. The number of unbranched alkanes of at least 4 members (excludes halogenated alkanes) is 3. The number of hydrogen-bond acceptors (Lipinski definition) is 4. The number of rotatable bonds is 8. The maximum absolute atomic E-state index is 13.1. The second-order valence-electron chi connectivity index (χ2n) is 8.11. The number of ether oxygens (including phenoxy) is 4. The number of benzene rings is 2. The Balaban J connectivity index is 1.27. The minimum absolute atomic E-state index is 0.00391. The van der Waals surface area contributed by atoms with E-state index in [9.17, 15) is 4.39 Å². The van der Waals surface area contributed by atoms with Gasteiger partial charge in [-0.15, -0.1) is 0 Å². The molecule has 0 bridgehead atoms. The molecule has 2 heterocycles. The van der Waals surface area contributed by atoms with E-state index in [1.54, 1.807) is 12.1 Å². The summed E-state index contributed by atoms with van der Waals surface area (Å²) >= 11 is 0. The normalized spacial score (nSPS) is 26.2. The summed E-state index contributed by atoms with van der Waals surface area (Å²) in [4.78, 5) is 0. The zero-order valence-corrected chi connectivity index (χ0v) is 17.6. The SMILES string of the molecule is CCCCCCOc1ccc([C@H]2CC[C@@H]3O[C@H](c4ccc(F)cc4)OC[C@H]3O2)cc1. The second kappa shape index (κ2) is 10.4. The van der Waals surface area contributed by atoms with E-state index in [1.807, 2.05) is 12.1 Å². The van der Waals surface area contributed by atoms with Gasteiger partial charge >= 0.3 is 0 Å². The van der Waals surface area contributed by atoms with Gasteiger partial charge in [-0.2, -0.15) is 0 Å². The molecule has 0 amide bonds. The molecule has 4 nitrogen and oxygen atoms in total. The summed E-state index contributed by atoms with van der Waals surface area (Å²) in [6, 6.07) is 14.5. The van der Waals surface area contributed by atoms with E-state index in [0.717, 1.165) is 42.7 Å². The van der Waals surface area contributed by atoms with E-state index in [-0.39, 0.29) is 24.1 Å². The summed E-state index contributed by atoms with van der Waals surface area (Å²) in [6.07, 6.45) is 6.12. The Morgan fingerprint density at radius 3 is 2.40 bits per heavy atom. The zero-order valence-electron chi connectivity index (χ0n) is 17.6. The Labute approximate surface area is 178 Å². The average Bonchev–Trinajstić information content (AvgIpc) is 2.79. The van der Waals surface area contributed by atoms with Crippen molar-refractivity contribution in [2.24, 2.45) is 0 Å². The summed E-state index contributed by atoms with van der Waals surface area (Å²) < 4.78 is 37.2. The molecule has 0 unspecified atom stereocenters. The Bertz CT molecular complexity index is 777. The van der Waals surface area contributed by atoms with Gasteiger partial charge in [-0.3, -0.25) is 0 Å². The van der Waals surface area contributed by atoms with Crippen LogP contribution in [0.5, 0.6) is 5.75 Å². The highest BCUT2D eigenvalue weighted by Gasteiger charge is 2.38. The first kappa shape index (κ1) is 21.3. The molecule has 0 aromatic heterocycles. The van der Waals surface area contributed by atoms with E-state index < -0.39 is 6.29 Å². The van der Waals surface area contributed by atoms with Gasteiger partial charge in [-0.1, -0.05) is 50.5 Å². The number of hydrogen-bond donors (Lipinski definition) is 0. The lowest BCUT2D eigenvalue weighted by atomic mass is 9.95. The van der Waals surface area contributed by atoms with Crippen molar-refractivity contribution in [3.05, 3.63) is 65.5 Å². The van der Waals surface area contributed by atoms with Gasteiger partial charge in [-0.05, 0) is 49.1 Å². The van der Waals surface area contributed by atoms with Crippen LogP contribution in [0.25, 0.3) is 0 Å². The maximum Gasteiger partial charge on any atom is 0.184 e. The van der Waals surface area contributed by atoms with Crippen LogP contribution in [0.15, 0.2) is 48.5 Å². The van der Waals surface area contributed by atoms with Crippen LogP contribution in [0.4, 0.5) is 4.39 Å². The molecule has 2 aliphatic heterocycles. The van der Waals surface area contributed by atoms with Gasteiger partial charge in [0.1, 0.15) is 17.7 Å². The van der Waals surface area contributed by atoms with E-state index in [4.69, 9.17) is 18.9 Å². The summed E-state index contributed by atoms with van der Waals surface area (Å²) in [5, 5.41) is 0. The third kappa shape index (κ3) is 5.39. The molecule has 2 saturated heterocycles. The third-order valence-electron chi connectivity index (χ3n) is 5.84. The Kier molecular flexibility index (Phi) is 7.37. The minimum atomic E-state index is -0.458. The van der Waals surface area contributed by atoms with E-state index in [1.165, 1.54) is 31.4 Å². The molecule has 162 valence electrons. The number of halogens is 1. The number of fused-ring (bicyclic) bond motifs is 1. The fourth-order valence-corrected chi connectivity index (χ4v) is 4.09. The van der Waals surface area contributed by atoms with E-state index in [2.05, 4.69) is 19.1 Å². The molecule has 2 aromatic carbocycles. The van der Waals surface area contributed by atoms with E-state index >= 15 is 0 Å². The van der Waals surface area contributed by atoms with Crippen molar-refractivity contribution < 1.29 is 23.3 Å². The molecule has 0 spiro atoms. The zero-order chi connectivity index (χ0) is 20.8. The summed E-state index contributed by atoms with van der Waals surface area (Å²) in [5.41, 5.74) is 2.00. The Hall–Kier alpha value is -1.95. The predicted molar refractivity (Wildman–Crippen MR) is 113 cm³/mol. The van der Waals surface area contributed by atoms with Crippen LogP contribution in [0.2, 0.25) is 0 Å². The lowest BCUT2D eigenvalue weighted by Gasteiger charge is -2.42. The van der Waals surface area contributed by atoms with Crippen LogP contribution < -0.4 is 4.74 Å². The largest absolute Gasteiger partial charge is 0.494 e. The molecule has 30 heavy (non-hydrogen) atoms. The van der Waals surface area contributed by atoms with Crippen LogP contribution in [0.3, 0.4) is 0 Å². The highest BCUT2D eigenvalue weighted by atomic mass is 19.1. The second-order valence-corrected chi connectivity index (χ2v) is 8.11. The van der Waals surface area contributed by atoms with Crippen LogP contribution in [-0.4, -0.2) is 25.4 Å². The minimum Gasteiger partial charge on any atom is -0.494 e. The Morgan fingerprint density at radius 1 is 0.867 bits per heavy atom. The van der Waals surface area contributed by atoms with Crippen molar-refractivity contribution in [2.45, 2.75) is 70.1 Å². The lowest BCUT2D eigenvalue weighted by Crippen LogP contribution is -2.45. The molecule has 2 aliphatic rings. The summed E-state index contributed by atoms with van der Waals surface area (Å²) in [6.45, 7) is 3.46. The van der Waals surface area contributed by atoms with Gasteiger partial charge in [0.25, 0.3) is 0 Å². The van der Waals surface area contributed by atoms with Crippen LogP contribution in [-0.2, 0) is 14.2 Å². The fraction of sp³-hybridized carbons (Fsp3) is 0.520. The van der Waals surface area contributed by atoms with Crippen molar-refractivity contribution in [3.63, 3.8) is 0 Å². The summed E-state index contributed by atoms with van der Waals surface area (Å²) in [5.74, 6) is 0.652. The topological polar surface area (TPSA) is 36.9 Å². The van der Waals surface area contributed by atoms with Crippen molar-refractivity contribution in [1.82, 2.24) is 0 Å². The smallest absolute Gasteiger partial charge is 0.184 e. The first-order valence-electron chi connectivity index (χ1n) is 11.1. The predicted octanol–water partition coefficient (Wildman–Crippen LogP) is 6.12. The van der Waals surface area contributed by atoms with Crippen LogP contribution in [0.1, 0.15) is 69.0 Å². The highest BCUT2D eigenvalue weighted by molar-refractivity contribution is 5.29. The molecule has 2 fully saturated rings. The fourth-order valence-electron chi connectivity index (χ4n) is 4.09. The molecule has 2 aromatic rings. The highest BCUT2D eigenvalue weighted by Crippen LogP contribution is 2.38. The molecule has 4 rings (SSSR count). The van der Waals surface area contributed by atoms with Crippen molar-refractivity contribution in [1.29, 1.82) is 0 Å². The van der Waals surface area contributed by atoms with Crippen molar-refractivity contribution >= 4 is 0 Å². The van der Waals surface area contributed by atoms with Gasteiger partial charge in [-0.25, -0.2) is 4.39 Å². The monoisotopic (exact) mass is 414 g/mol. The molecule has 0 aliphatic carbocycles. The van der Waals surface area contributed by atoms with Gasteiger partial charge in [0.15, 0.2) is 6.29 Å². The van der Waals surface area contributed by atoms with Gasteiger partial charge in [0, 0.05) is 5.56 Å². The van der Waals surface area contributed by atoms with Gasteiger partial charge in [0.05, 0.1) is 25.4 Å². The van der Waals surface area contributed by atoms with Crippen LogP contribution in [0, 0.1) is 5.82 Å². The van der Waals surface area contributed by atoms with Gasteiger partial charge < -0.3 is 18.9 Å². The molecule has 5 heteroatoms. The quantitative estimate of drug-likeness (QED) is 0.488. The maximum atomic E-state index is 13.1. The van der Waals surface area contributed by atoms with E-state index in [0.29, 0.717) is 6.61 Å². The molecule has 0 saturated carbocycles. The molecular formula is C25H31FO4. The standard InChI is InChI=1S/C25H31FO4/c1-2-3-4-5-16-27-21-12-8-18(9-13-21)22-14-15-23-24(29-22)17-28-25(30-23)19-6-10-20(26)11-7-19/h6-13,22-25H,2-5,14-17H2,1H3/t22-,23+,24-,25-/m1/s1. The first-order valence-corrected chi connectivity index (χ1v) is 11.1. The summed E-state index contributed by atoms with van der Waals surface area (Å²) in [7, 11) is 0. The van der Waals surface area contributed by atoms with Gasteiger partial charge in [0.2, 0.25) is 0 Å². The van der Waals surface area contributed by atoms with Crippen LogP contribution >= 0.6 is 0 Å². The molecule has 0 N–H and O–H groups in total. The first-order chi connectivity index (χ1) is 14.7. The average molecular weight is 415 g/mol. The van der Waals surface area contributed by atoms with Crippen molar-refractivity contribution in [3.8, 4) is 5.75 Å². The van der Waals surface area contributed by atoms with Crippen molar-refractivity contribution in [2.75, 3.05) is 13.2 Å². The third-order valence-corrected chi connectivity index (χ3v) is 5.84. The molecule has 4 atom stereocenters.